The second kappa shape index (κ2) is 9.30. The van der Waals surface area contributed by atoms with E-state index in [-0.39, 0.29) is 17.3 Å². The van der Waals surface area contributed by atoms with E-state index in [1.807, 2.05) is 13.0 Å². The van der Waals surface area contributed by atoms with E-state index in [9.17, 15) is 17.6 Å². The van der Waals surface area contributed by atoms with Crippen LogP contribution in [0, 0.1) is 24.1 Å². The van der Waals surface area contributed by atoms with Gasteiger partial charge in [-0.15, -0.1) is 0 Å². The summed E-state index contributed by atoms with van der Waals surface area (Å²) in [6.45, 7) is 3.22. The zero-order valence-corrected chi connectivity index (χ0v) is 18.6. The van der Waals surface area contributed by atoms with Gasteiger partial charge in [0.05, 0.1) is 41.0 Å². The van der Waals surface area contributed by atoms with Crippen LogP contribution in [0.15, 0.2) is 59.6 Å². The summed E-state index contributed by atoms with van der Waals surface area (Å²) in [7, 11) is -2.57. The molecule has 32 heavy (non-hydrogen) atoms. The van der Waals surface area contributed by atoms with Crippen LogP contribution in [-0.2, 0) is 14.8 Å². The summed E-state index contributed by atoms with van der Waals surface area (Å²) >= 11 is 0. The fourth-order valence-corrected chi connectivity index (χ4v) is 4.35. The van der Waals surface area contributed by atoms with Gasteiger partial charge in [0.15, 0.2) is 0 Å². The largest absolute Gasteiger partial charge is 0.348 e. The van der Waals surface area contributed by atoms with E-state index in [0.717, 1.165) is 15.6 Å². The van der Waals surface area contributed by atoms with Gasteiger partial charge < -0.3 is 5.32 Å². The standard InChI is InChI=1S/C22H22FN5O3S/c1-15(21-13-25-28(16(21)2)19-8-6-18(23)7-9-19)26-22(29)14-27(3)32(30,31)20-10-4-17(12-24)5-11-20/h4-11,13,15H,14H2,1-3H3,(H,26,29). The number of amides is 1. The van der Waals surface area contributed by atoms with Gasteiger partial charge in [-0.2, -0.15) is 14.7 Å². The number of hydrogen-bond donors (Lipinski definition) is 1. The summed E-state index contributed by atoms with van der Waals surface area (Å²) in [5.74, 6) is -0.828. The summed E-state index contributed by atoms with van der Waals surface area (Å²) in [5.41, 5.74) is 2.54. The van der Waals surface area contributed by atoms with Gasteiger partial charge >= 0.3 is 0 Å². The van der Waals surface area contributed by atoms with Crippen LogP contribution in [-0.4, -0.2) is 42.0 Å². The van der Waals surface area contributed by atoms with Gasteiger partial charge in [-0.25, -0.2) is 17.5 Å². The van der Waals surface area contributed by atoms with Crippen LogP contribution in [0.3, 0.4) is 0 Å². The molecule has 0 spiro atoms. The quantitative estimate of drug-likeness (QED) is 0.589. The maximum Gasteiger partial charge on any atom is 0.243 e. The second-order valence-electron chi connectivity index (χ2n) is 7.26. The number of nitrogens with zero attached hydrogens (tertiary/aromatic N) is 4. The summed E-state index contributed by atoms with van der Waals surface area (Å²) in [4.78, 5) is 12.5. The van der Waals surface area contributed by atoms with Gasteiger partial charge in [-0.05, 0) is 62.4 Å². The minimum atomic E-state index is -3.89. The molecule has 10 heteroatoms. The van der Waals surface area contributed by atoms with Crippen molar-refractivity contribution in [2.75, 3.05) is 13.6 Å². The van der Waals surface area contributed by atoms with Crippen molar-refractivity contribution in [3.8, 4) is 11.8 Å². The van der Waals surface area contributed by atoms with Crippen molar-refractivity contribution in [2.24, 2.45) is 0 Å². The number of carbonyl (C=O) groups excluding carboxylic acids is 1. The predicted molar refractivity (Wildman–Crippen MR) is 116 cm³/mol. The third kappa shape index (κ3) is 4.85. The third-order valence-electron chi connectivity index (χ3n) is 5.02. The van der Waals surface area contributed by atoms with Crippen LogP contribution in [0.5, 0.6) is 0 Å². The summed E-state index contributed by atoms with van der Waals surface area (Å²) in [5, 5.41) is 15.9. The lowest BCUT2D eigenvalue weighted by Crippen LogP contribution is -2.39. The Bertz CT molecular complexity index is 1260. The highest BCUT2D eigenvalue weighted by Gasteiger charge is 2.24. The van der Waals surface area contributed by atoms with Gasteiger partial charge in [0.25, 0.3) is 0 Å². The normalized spacial score (nSPS) is 12.4. The molecule has 0 fully saturated rings. The Kier molecular flexibility index (Phi) is 6.72. The number of carbonyl (C=O) groups is 1. The average molecular weight is 456 g/mol. The highest BCUT2D eigenvalue weighted by molar-refractivity contribution is 7.89. The maximum absolute atomic E-state index is 13.2. The third-order valence-corrected chi connectivity index (χ3v) is 6.84. The van der Waals surface area contributed by atoms with Crippen LogP contribution in [0.2, 0.25) is 0 Å². The van der Waals surface area contributed by atoms with Crippen LogP contribution in [0.1, 0.15) is 29.8 Å². The fraction of sp³-hybridized carbons (Fsp3) is 0.227. The lowest BCUT2D eigenvalue weighted by Gasteiger charge is -2.19. The SMILES string of the molecule is Cc1c(C(C)NC(=O)CN(C)S(=O)(=O)c2ccc(C#N)cc2)cnn1-c1ccc(F)cc1. The van der Waals surface area contributed by atoms with Crippen LogP contribution >= 0.6 is 0 Å². The molecule has 0 aliphatic carbocycles. The first-order chi connectivity index (χ1) is 15.1. The number of nitrogens with one attached hydrogen (secondary N) is 1. The average Bonchev–Trinajstić information content (AvgIpc) is 3.15. The monoisotopic (exact) mass is 455 g/mol. The Morgan fingerprint density at radius 3 is 2.44 bits per heavy atom. The molecule has 8 nitrogen and oxygen atoms in total. The first-order valence-electron chi connectivity index (χ1n) is 9.70. The molecule has 1 heterocycles. The summed E-state index contributed by atoms with van der Waals surface area (Å²) < 4.78 is 41.1. The van der Waals surface area contributed by atoms with E-state index in [1.165, 1.54) is 43.4 Å². The van der Waals surface area contributed by atoms with Crippen LogP contribution < -0.4 is 5.32 Å². The molecule has 1 N–H and O–H groups in total. The van der Waals surface area contributed by atoms with E-state index < -0.39 is 22.0 Å². The van der Waals surface area contributed by atoms with Crippen molar-refractivity contribution in [1.82, 2.24) is 19.4 Å². The smallest absolute Gasteiger partial charge is 0.243 e. The van der Waals surface area contributed by atoms with Crippen molar-refractivity contribution in [2.45, 2.75) is 24.8 Å². The van der Waals surface area contributed by atoms with Gasteiger partial charge in [0.1, 0.15) is 5.82 Å². The minimum absolute atomic E-state index is 0.00346. The molecule has 1 atom stereocenters. The minimum Gasteiger partial charge on any atom is -0.348 e. The van der Waals surface area contributed by atoms with Crippen LogP contribution in [0.4, 0.5) is 4.39 Å². The molecule has 3 aromatic rings. The maximum atomic E-state index is 13.2. The van der Waals surface area contributed by atoms with Crippen molar-refractivity contribution < 1.29 is 17.6 Å². The van der Waals surface area contributed by atoms with Crippen molar-refractivity contribution in [3.63, 3.8) is 0 Å². The molecule has 166 valence electrons. The van der Waals surface area contributed by atoms with E-state index >= 15 is 0 Å². The van der Waals surface area contributed by atoms with Crippen molar-refractivity contribution in [3.05, 3.63) is 77.4 Å². The molecular formula is C22H22FN5O3S. The first-order valence-corrected chi connectivity index (χ1v) is 11.1. The molecule has 0 bridgehead atoms. The molecule has 3 rings (SSSR count). The molecular weight excluding hydrogens is 433 g/mol. The van der Waals surface area contributed by atoms with Gasteiger partial charge in [-0.3, -0.25) is 4.79 Å². The molecule has 1 unspecified atom stereocenters. The summed E-state index contributed by atoms with van der Waals surface area (Å²) in [6.07, 6.45) is 1.61. The highest BCUT2D eigenvalue weighted by Crippen LogP contribution is 2.21. The summed E-state index contributed by atoms with van der Waals surface area (Å²) in [6, 6.07) is 12.9. The molecule has 0 saturated heterocycles. The zero-order valence-electron chi connectivity index (χ0n) is 17.8. The topological polar surface area (TPSA) is 108 Å². The van der Waals surface area contributed by atoms with E-state index in [4.69, 9.17) is 5.26 Å². The van der Waals surface area contributed by atoms with Crippen molar-refractivity contribution in [1.29, 1.82) is 5.26 Å². The number of nitriles is 1. The molecule has 0 aliphatic rings. The molecule has 0 saturated carbocycles. The van der Waals surface area contributed by atoms with Crippen LogP contribution in [0.25, 0.3) is 5.69 Å². The molecule has 1 aromatic heterocycles. The van der Waals surface area contributed by atoms with Gasteiger partial charge in [0.2, 0.25) is 15.9 Å². The lowest BCUT2D eigenvalue weighted by molar-refractivity contribution is -0.121. The Labute approximate surface area is 185 Å². The molecule has 1 amide bonds. The second-order valence-corrected chi connectivity index (χ2v) is 9.30. The number of sulfonamides is 1. The zero-order chi connectivity index (χ0) is 23.5. The Morgan fingerprint density at radius 1 is 1.22 bits per heavy atom. The number of benzene rings is 2. The molecule has 0 aliphatic heterocycles. The Morgan fingerprint density at radius 2 is 1.84 bits per heavy atom. The number of likely N-dealkylation sites (N-methyl/N-ethyl adjacent to an activating group) is 1. The number of halogens is 1. The molecule has 0 radical (unpaired) electrons. The Hall–Kier alpha value is -3.55. The van der Waals surface area contributed by atoms with E-state index in [1.54, 1.807) is 29.9 Å². The van der Waals surface area contributed by atoms with Gasteiger partial charge in [0, 0.05) is 18.3 Å². The molecule has 2 aromatic carbocycles. The lowest BCUT2D eigenvalue weighted by atomic mass is 10.1. The van der Waals surface area contributed by atoms with E-state index in [2.05, 4.69) is 10.4 Å². The van der Waals surface area contributed by atoms with E-state index in [0.29, 0.717) is 11.3 Å². The number of aromatic nitrogens is 2. The Balaban J connectivity index is 1.68. The predicted octanol–water partition coefficient (Wildman–Crippen LogP) is 2.69. The fourth-order valence-electron chi connectivity index (χ4n) is 3.22. The first kappa shape index (κ1) is 23.1. The number of hydrogen-bond acceptors (Lipinski definition) is 5. The van der Waals surface area contributed by atoms with Gasteiger partial charge in [-0.1, -0.05) is 0 Å². The highest BCUT2D eigenvalue weighted by atomic mass is 32.2. The van der Waals surface area contributed by atoms with Crippen molar-refractivity contribution >= 4 is 15.9 Å². The number of rotatable bonds is 7.